The molecule has 0 saturated heterocycles. The quantitative estimate of drug-likeness (QED) is 0.0600. The zero-order chi connectivity index (χ0) is 45.0. The zero-order valence-electron chi connectivity index (χ0n) is 34.7. The van der Waals surface area contributed by atoms with E-state index in [0.29, 0.717) is 16.9 Å². The predicted octanol–water partition coefficient (Wildman–Crippen LogP) is 4.41. The molecule has 0 spiro atoms. The molecule has 0 bridgehead atoms. The summed E-state index contributed by atoms with van der Waals surface area (Å²) in [6.45, 7) is 8.28. The first-order chi connectivity index (χ1) is 28.6. The molecule has 330 valence electrons. The smallest absolute Gasteiger partial charge is 0.408 e. The number of primary amides is 1. The number of urea groups is 1. The number of aromatic nitrogens is 2. The van der Waals surface area contributed by atoms with Crippen molar-refractivity contribution in [2.75, 3.05) is 13.1 Å². The minimum absolute atomic E-state index is 0.00521. The minimum Gasteiger partial charge on any atom is -0.457 e. The van der Waals surface area contributed by atoms with Crippen LogP contribution in [-0.4, -0.2) is 82.1 Å². The molecule has 2 aromatic heterocycles. The number of benzene rings is 1. The van der Waals surface area contributed by atoms with E-state index in [9.17, 15) is 33.6 Å². The molecule has 20 heteroatoms. The first kappa shape index (κ1) is 46.4. The maximum atomic E-state index is 15.4. The fourth-order valence-electron chi connectivity index (χ4n) is 7.10. The summed E-state index contributed by atoms with van der Waals surface area (Å²) in [6.07, 6.45) is -3.09. The van der Waals surface area contributed by atoms with Crippen LogP contribution < -0.4 is 32.6 Å². The number of cyclic esters (lactones) is 1. The molecule has 1 aromatic carbocycles. The third kappa shape index (κ3) is 10.8. The average Bonchev–Trinajstić information content (AvgIpc) is 3.54. The molecule has 5 rings (SSSR count). The Morgan fingerprint density at radius 1 is 1.07 bits per heavy atom. The number of rotatable bonds is 16. The Labute approximate surface area is 358 Å². The largest absolute Gasteiger partial charge is 0.457 e. The maximum Gasteiger partial charge on any atom is 0.408 e. The lowest BCUT2D eigenvalue weighted by Gasteiger charge is -2.35. The number of halogens is 3. The molecule has 0 saturated carbocycles. The number of nitrogens with zero attached hydrogens (tertiary/aromatic N) is 2. The lowest BCUT2D eigenvalue weighted by atomic mass is 9.85. The molecule has 6 N–H and O–H groups in total. The Balaban J connectivity index is 1.27. The van der Waals surface area contributed by atoms with Crippen LogP contribution in [0.25, 0.3) is 22.3 Å². The molecule has 0 unspecified atom stereocenters. The number of hydrogen-bond donors (Lipinski definition) is 5. The van der Waals surface area contributed by atoms with E-state index in [1.807, 2.05) is 24.3 Å². The predicted molar refractivity (Wildman–Crippen MR) is 220 cm³/mol. The normalized spacial score (nSPS) is 16.7. The number of fused-ring (bicyclic) bond motifs is 5. The van der Waals surface area contributed by atoms with Gasteiger partial charge in [0.25, 0.3) is 11.5 Å². The highest BCUT2D eigenvalue weighted by atomic mass is 79.9. The molecule has 0 fully saturated rings. The summed E-state index contributed by atoms with van der Waals surface area (Å²) in [5.74, 6) is -8.11. The number of carbonyl (C=O) groups is 6. The first-order valence-electron chi connectivity index (χ1n) is 19.8. The Hall–Kier alpha value is -5.66. The molecule has 4 heterocycles. The lowest BCUT2D eigenvalue weighted by molar-refractivity contribution is -0.190. The Bertz CT molecular complexity index is 2300. The third-order valence-electron chi connectivity index (χ3n) is 10.2. The van der Waals surface area contributed by atoms with Gasteiger partial charge >= 0.3 is 24.1 Å². The van der Waals surface area contributed by atoms with Crippen molar-refractivity contribution in [3.63, 3.8) is 0 Å². The number of alkyl carbamates (subject to hydrolysis) is 1. The van der Waals surface area contributed by atoms with Crippen molar-refractivity contribution in [2.45, 2.75) is 116 Å². The second-order valence-corrected chi connectivity index (χ2v) is 17.1. The number of alkyl halides is 2. The van der Waals surface area contributed by atoms with Crippen LogP contribution >= 0.6 is 15.9 Å². The van der Waals surface area contributed by atoms with Gasteiger partial charge in [-0.1, -0.05) is 42.8 Å². The van der Waals surface area contributed by atoms with Gasteiger partial charge in [-0.3, -0.25) is 19.2 Å². The topological polar surface area (TPSA) is 239 Å². The summed E-state index contributed by atoms with van der Waals surface area (Å²) in [5, 5.41) is 10.2. The Morgan fingerprint density at radius 2 is 1.79 bits per heavy atom. The molecular weight excluding hydrogens is 868 g/mol. The number of carbonyl (C=O) groups excluding carboxylic acids is 6. The van der Waals surface area contributed by atoms with E-state index in [1.165, 1.54) is 11.5 Å². The lowest BCUT2D eigenvalue weighted by Crippen LogP contribution is -2.56. The number of amides is 5. The van der Waals surface area contributed by atoms with Crippen molar-refractivity contribution in [1.82, 2.24) is 30.8 Å². The molecule has 0 radical (unpaired) electrons. The van der Waals surface area contributed by atoms with Crippen LogP contribution in [0.1, 0.15) is 90.3 Å². The number of nitrogens with two attached hydrogens (primary N) is 1. The molecule has 61 heavy (non-hydrogen) atoms. The van der Waals surface area contributed by atoms with Crippen molar-refractivity contribution < 1.29 is 51.8 Å². The summed E-state index contributed by atoms with van der Waals surface area (Å²) in [7, 11) is 0. The van der Waals surface area contributed by atoms with Gasteiger partial charge in [0, 0.05) is 34.0 Å². The number of hydrogen-bond acceptors (Lipinski definition) is 11. The molecule has 17 nitrogen and oxygen atoms in total. The van der Waals surface area contributed by atoms with Crippen molar-refractivity contribution >= 4 is 62.7 Å². The zero-order valence-corrected chi connectivity index (χ0v) is 36.3. The fourth-order valence-corrected chi connectivity index (χ4v) is 7.57. The van der Waals surface area contributed by atoms with Crippen molar-refractivity contribution in [1.29, 1.82) is 0 Å². The van der Waals surface area contributed by atoms with Crippen molar-refractivity contribution in [3.8, 4) is 11.4 Å². The second kappa shape index (κ2) is 18.5. The van der Waals surface area contributed by atoms with E-state index in [2.05, 4.69) is 37.2 Å². The average molecular weight is 919 g/mol. The van der Waals surface area contributed by atoms with E-state index in [1.54, 1.807) is 40.7 Å². The third-order valence-corrected chi connectivity index (χ3v) is 10.9. The second-order valence-electron chi connectivity index (χ2n) is 16.3. The van der Waals surface area contributed by atoms with E-state index in [4.69, 9.17) is 24.9 Å². The van der Waals surface area contributed by atoms with Gasteiger partial charge in [-0.15, -0.1) is 0 Å². The molecular formula is C41H50BrF2N7O10. The van der Waals surface area contributed by atoms with Gasteiger partial charge in [-0.2, -0.15) is 0 Å². The molecule has 2 aliphatic heterocycles. The molecule has 5 amide bonds. The van der Waals surface area contributed by atoms with Gasteiger partial charge < -0.3 is 45.8 Å². The van der Waals surface area contributed by atoms with Gasteiger partial charge in [0.1, 0.15) is 24.3 Å². The van der Waals surface area contributed by atoms with Crippen LogP contribution in [0.3, 0.4) is 0 Å². The van der Waals surface area contributed by atoms with Gasteiger partial charge in [0.15, 0.2) is 0 Å². The molecule has 3 aromatic rings. The first-order valence-corrected chi connectivity index (χ1v) is 20.6. The highest BCUT2D eigenvalue weighted by Gasteiger charge is 2.50. The van der Waals surface area contributed by atoms with E-state index in [0.717, 1.165) is 15.4 Å². The monoisotopic (exact) mass is 917 g/mol. The molecule has 2 aliphatic rings. The summed E-state index contributed by atoms with van der Waals surface area (Å²) in [5.41, 5.74) is 4.11. The van der Waals surface area contributed by atoms with Crippen LogP contribution in [0.15, 0.2) is 39.6 Å². The van der Waals surface area contributed by atoms with Crippen molar-refractivity contribution in [2.24, 2.45) is 11.7 Å². The maximum absolute atomic E-state index is 15.4. The number of ether oxygens (including phenoxy) is 3. The standard InChI is InChI=1S/C41H50BrF2N7O10/c1-7-41(25-17-29-32-22(16-23-26(42)10-8-11-27(23)48-32)18-51(29)35(55)24(25)19-59-36(41)56)60-30(52)13-14-40(43,44)20-47-33(53)28(12-9-15-46-37(45)57)49-34(54)31(21(2)3)50-38(58)61-39(4,5)6/h8,10-11,16-17,21,28,31H,7,9,12-15,18-20H2,1-6H3,(H,47,53)(H,49,54)(H,50,58)(H3,45,46,57)/t28-,31-,41-/m0/s1. The van der Waals surface area contributed by atoms with E-state index >= 15 is 8.78 Å². The summed E-state index contributed by atoms with van der Waals surface area (Å²) >= 11 is 3.53. The van der Waals surface area contributed by atoms with Crippen LogP contribution in [0.4, 0.5) is 18.4 Å². The Morgan fingerprint density at radius 3 is 2.44 bits per heavy atom. The van der Waals surface area contributed by atoms with Crippen LogP contribution in [0.5, 0.6) is 0 Å². The molecule has 0 aliphatic carbocycles. The van der Waals surface area contributed by atoms with Gasteiger partial charge in [-0.05, 0) is 70.2 Å². The molecule has 3 atom stereocenters. The van der Waals surface area contributed by atoms with E-state index in [-0.39, 0.29) is 50.1 Å². The minimum atomic E-state index is -3.69. The van der Waals surface area contributed by atoms with Gasteiger partial charge in [0.05, 0.1) is 42.0 Å². The van der Waals surface area contributed by atoms with Gasteiger partial charge in [-0.25, -0.2) is 28.1 Å². The van der Waals surface area contributed by atoms with Crippen LogP contribution in [-0.2, 0) is 52.1 Å². The highest BCUT2D eigenvalue weighted by Crippen LogP contribution is 2.41. The summed E-state index contributed by atoms with van der Waals surface area (Å²) in [4.78, 5) is 95.6. The number of esters is 2. The number of nitrogens with one attached hydrogen (secondary N) is 4. The number of pyridine rings is 2. The SMILES string of the molecule is CC[C@@]1(OC(=O)CCC(F)(F)CNC(=O)[C@H](CCCNC(N)=O)NC(=O)[C@@H](NC(=O)OC(C)(C)C)C(C)C)C(=O)OCc2c1cc1n(c2=O)Cc2cc3c(Br)cccc3nc2-1. The highest BCUT2D eigenvalue weighted by molar-refractivity contribution is 9.10. The van der Waals surface area contributed by atoms with Crippen LogP contribution in [0, 0.1) is 5.92 Å². The van der Waals surface area contributed by atoms with Gasteiger partial charge in [0.2, 0.25) is 17.4 Å². The van der Waals surface area contributed by atoms with Crippen LogP contribution in [0.2, 0.25) is 0 Å². The summed E-state index contributed by atoms with van der Waals surface area (Å²) in [6, 6.07) is 5.60. The van der Waals surface area contributed by atoms with Crippen molar-refractivity contribution in [3.05, 3.63) is 61.8 Å². The summed E-state index contributed by atoms with van der Waals surface area (Å²) < 4.78 is 49.3. The van der Waals surface area contributed by atoms with E-state index < -0.39 is 95.9 Å². The Kier molecular flexibility index (Phi) is 14.1. The fraction of sp³-hybridized carbons (Fsp3) is 0.512.